The molecule has 0 bridgehead atoms. The van der Waals surface area contributed by atoms with Crippen molar-refractivity contribution in [1.29, 1.82) is 0 Å². The minimum absolute atomic E-state index is 0.248. The molecule has 0 saturated heterocycles. The van der Waals surface area contributed by atoms with Crippen molar-refractivity contribution in [3.63, 3.8) is 0 Å². The largest absolute Gasteiger partial charge is 0.370 e. The van der Waals surface area contributed by atoms with Gasteiger partial charge in [0.25, 0.3) is 0 Å². The predicted octanol–water partition coefficient (Wildman–Crippen LogP) is 1.69. The molecule has 0 fully saturated rings. The summed E-state index contributed by atoms with van der Waals surface area (Å²) in [6.45, 7) is 1.03. The Bertz CT molecular complexity index is 572. The van der Waals surface area contributed by atoms with Crippen molar-refractivity contribution in [2.75, 3.05) is 20.6 Å². The number of aromatic nitrogens is 1. The van der Waals surface area contributed by atoms with Gasteiger partial charge in [0, 0.05) is 30.1 Å². The fourth-order valence-electron chi connectivity index (χ4n) is 2.20. The molecule has 0 aliphatic heterocycles. The lowest BCUT2D eigenvalue weighted by atomic mass is 10.0. The van der Waals surface area contributed by atoms with E-state index in [9.17, 15) is 4.79 Å². The van der Waals surface area contributed by atoms with Crippen LogP contribution < -0.4 is 5.73 Å². The summed E-state index contributed by atoms with van der Waals surface area (Å²) in [6.07, 6.45) is 4.21. The minimum Gasteiger partial charge on any atom is -0.370 e. The summed E-state index contributed by atoms with van der Waals surface area (Å²) in [7, 11) is 4.15. The highest BCUT2D eigenvalue weighted by atomic mass is 16.1. The van der Waals surface area contributed by atoms with Crippen LogP contribution in [0, 0.1) is 0 Å². The van der Waals surface area contributed by atoms with Gasteiger partial charge in [-0.1, -0.05) is 6.07 Å². The average Bonchev–Trinajstić information content (AvgIpc) is 2.76. The number of nitrogens with zero attached hydrogens (tertiary/aromatic N) is 1. The first-order valence-corrected chi connectivity index (χ1v) is 6.58. The number of nitrogens with one attached hydrogen (secondary N) is 1. The molecule has 0 unspecified atom stereocenters. The van der Waals surface area contributed by atoms with E-state index < -0.39 is 0 Å². The second-order valence-electron chi connectivity index (χ2n) is 5.21. The highest BCUT2D eigenvalue weighted by Gasteiger charge is 2.06. The molecular formula is C15H21N3O. The Morgan fingerprint density at radius 3 is 2.79 bits per heavy atom. The summed E-state index contributed by atoms with van der Waals surface area (Å²) >= 11 is 0. The number of rotatable bonds is 6. The Morgan fingerprint density at radius 2 is 2.11 bits per heavy atom. The maximum absolute atomic E-state index is 10.8. The van der Waals surface area contributed by atoms with E-state index in [2.05, 4.69) is 48.4 Å². The number of carbonyl (C=O) groups is 1. The first kappa shape index (κ1) is 13.6. The Balaban J connectivity index is 2.19. The Kier molecular flexibility index (Phi) is 4.22. The predicted molar refractivity (Wildman–Crippen MR) is 78.1 cm³/mol. The third-order valence-electron chi connectivity index (χ3n) is 3.32. The van der Waals surface area contributed by atoms with Crippen LogP contribution in [0.25, 0.3) is 10.9 Å². The SMILES string of the molecule is CN(C)CCc1c[nH]c2ccc(CCC(N)=O)cc12. The summed E-state index contributed by atoms with van der Waals surface area (Å²) in [5.74, 6) is -0.248. The lowest BCUT2D eigenvalue weighted by Crippen LogP contribution is -2.14. The van der Waals surface area contributed by atoms with E-state index in [1.54, 1.807) is 0 Å². The van der Waals surface area contributed by atoms with Crippen molar-refractivity contribution in [2.24, 2.45) is 5.73 Å². The molecule has 1 amide bonds. The van der Waals surface area contributed by atoms with Crippen LogP contribution in [-0.4, -0.2) is 36.4 Å². The molecule has 2 aromatic rings. The van der Waals surface area contributed by atoms with Crippen molar-refractivity contribution in [3.05, 3.63) is 35.5 Å². The first-order chi connectivity index (χ1) is 9.06. The van der Waals surface area contributed by atoms with Gasteiger partial charge < -0.3 is 15.6 Å². The molecule has 1 heterocycles. The summed E-state index contributed by atoms with van der Waals surface area (Å²) in [4.78, 5) is 16.3. The maximum atomic E-state index is 10.8. The zero-order chi connectivity index (χ0) is 13.8. The molecule has 0 saturated carbocycles. The minimum atomic E-state index is -0.248. The van der Waals surface area contributed by atoms with E-state index in [0.717, 1.165) is 24.0 Å². The molecule has 0 spiro atoms. The molecule has 1 aromatic carbocycles. The molecule has 0 aliphatic carbocycles. The fraction of sp³-hybridized carbons (Fsp3) is 0.400. The van der Waals surface area contributed by atoms with Crippen LogP contribution in [0.4, 0.5) is 0 Å². The molecule has 4 nitrogen and oxygen atoms in total. The van der Waals surface area contributed by atoms with Crippen LogP contribution in [0.2, 0.25) is 0 Å². The van der Waals surface area contributed by atoms with Crippen molar-refractivity contribution in [3.8, 4) is 0 Å². The zero-order valence-electron chi connectivity index (χ0n) is 11.6. The smallest absolute Gasteiger partial charge is 0.217 e. The average molecular weight is 259 g/mol. The van der Waals surface area contributed by atoms with Gasteiger partial charge in [0.1, 0.15) is 0 Å². The molecule has 2 rings (SSSR count). The lowest BCUT2D eigenvalue weighted by Gasteiger charge is -2.08. The van der Waals surface area contributed by atoms with Crippen LogP contribution in [0.1, 0.15) is 17.5 Å². The van der Waals surface area contributed by atoms with E-state index in [0.29, 0.717) is 12.8 Å². The molecule has 19 heavy (non-hydrogen) atoms. The Hall–Kier alpha value is -1.81. The Labute approximate surface area is 113 Å². The van der Waals surface area contributed by atoms with Gasteiger partial charge in [-0.15, -0.1) is 0 Å². The topological polar surface area (TPSA) is 62.1 Å². The maximum Gasteiger partial charge on any atom is 0.217 e. The van der Waals surface area contributed by atoms with Gasteiger partial charge in [-0.3, -0.25) is 4.79 Å². The van der Waals surface area contributed by atoms with Gasteiger partial charge in [0.05, 0.1) is 0 Å². The number of hydrogen-bond donors (Lipinski definition) is 2. The van der Waals surface area contributed by atoms with Gasteiger partial charge in [0.2, 0.25) is 5.91 Å². The molecular weight excluding hydrogens is 238 g/mol. The highest BCUT2D eigenvalue weighted by Crippen LogP contribution is 2.21. The molecule has 0 atom stereocenters. The van der Waals surface area contributed by atoms with Gasteiger partial charge in [-0.2, -0.15) is 0 Å². The number of amides is 1. The number of fused-ring (bicyclic) bond motifs is 1. The van der Waals surface area contributed by atoms with E-state index >= 15 is 0 Å². The van der Waals surface area contributed by atoms with E-state index in [-0.39, 0.29) is 5.91 Å². The quantitative estimate of drug-likeness (QED) is 0.829. The number of carbonyl (C=O) groups excluding carboxylic acids is 1. The number of nitrogens with two attached hydrogens (primary N) is 1. The fourth-order valence-corrected chi connectivity index (χ4v) is 2.20. The van der Waals surface area contributed by atoms with Crippen LogP contribution in [0.3, 0.4) is 0 Å². The van der Waals surface area contributed by atoms with Gasteiger partial charge in [-0.05, 0) is 50.2 Å². The number of H-pyrrole nitrogens is 1. The van der Waals surface area contributed by atoms with E-state index in [1.807, 2.05) is 0 Å². The number of hydrogen-bond acceptors (Lipinski definition) is 2. The van der Waals surface area contributed by atoms with Crippen LogP contribution in [0.5, 0.6) is 0 Å². The second kappa shape index (κ2) is 5.89. The summed E-state index contributed by atoms with van der Waals surface area (Å²) in [6, 6.07) is 6.29. The number of likely N-dealkylation sites (N-methyl/N-ethyl adjacent to an activating group) is 1. The van der Waals surface area contributed by atoms with Crippen molar-refractivity contribution in [1.82, 2.24) is 9.88 Å². The van der Waals surface area contributed by atoms with Crippen LogP contribution in [-0.2, 0) is 17.6 Å². The summed E-state index contributed by atoms with van der Waals surface area (Å²) < 4.78 is 0. The first-order valence-electron chi connectivity index (χ1n) is 6.58. The number of aryl methyl sites for hydroxylation is 1. The number of primary amides is 1. The van der Waals surface area contributed by atoms with Crippen molar-refractivity contribution >= 4 is 16.8 Å². The second-order valence-corrected chi connectivity index (χ2v) is 5.21. The number of aromatic amines is 1. The third-order valence-corrected chi connectivity index (χ3v) is 3.32. The molecule has 0 radical (unpaired) electrons. The van der Waals surface area contributed by atoms with E-state index in [1.165, 1.54) is 10.9 Å². The highest BCUT2D eigenvalue weighted by molar-refractivity contribution is 5.84. The summed E-state index contributed by atoms with van der Waals surface area (Å²) in [5, 5.41) is 1.25. The normalized spacial score (nSPS) is 11.3. The van der Waals surface area contributed by atoms with Gasteiger partial charge >= 0.3 is 0 Å². The van der Waals surface area contributed by atoms with Gasteiger partial charge in [-0.25, -0.2) is 0 Å². The van der Waals surface area contributed by atoms with E-state index in [4.69, 9.17) is 5.73 Å². The monoisotopic (exact) mass is 259 g/mol. The van der Waals surface area contributed by atoms with Crippen LogP contribution >= 0.6 is 0 Å². The lowest BCUT2D eigenvalue weighted by molar-refractivity contribution is -0.117. The zero-order valence-corrected chi connectivity index (χ0v) is 11.6. The van der Waals surface area contributed by atoms with Crippen LogP contribution in [0.15, 0.2) is 24.4 Å². The summed E-state index contributed by atoms with van der Waals surface area (Å²) in [5.41, 5.74) is 8.83. The molecule has 1 aromatic heterocycles. The standard InChI is InChI=1S/C15H21N3O/c1-18(2)8-7-12-10-17-14-5-3-11(9-13(12)14)4-6-15(16)19/h3,5,9-10,17H,4,6-8H2,1-2H3,(H2,16,19). The molecule has 3 N–H and O–H groups in total. The molecule has 102 valence electrons. The number of benzene rings is 1. The molecule has 0 aliphatic rings. The van der Waals surface area contributed by atoms with Gasteiger partial charge in [0.15, 0.2) is 0 Å². The van der Waals surface area contributed by atoms with Crippen molar-refractivity contribution in [2.45, 2.75) is 19.3 Å². The molecule has 4 heteroatoms. The Morgan fingerprint density at radius 1 is 1.32 bits per heavy atom. The van der Waals surface area contributed by atoms with Crippen molar-refractivity contribution < 1.29 is 4.79 Å². The third kappa shape index (κ3) is 3.58.